The van der Waals surface area contributed by atoms with Gasteiger partial charge in [0, 0.05) is 24.2 Å². The topological polar surface area (TPSA) is 145 Å². The summed E-state index contributed by atoms with van der Waals surface area (Å²) in [4.78, 5) is 37.0. The van der Waals surface area contributed by atoms with Gasteiger partial charge in [-0.25, -0.2) is 13.2 Å². The van der Waals surface area contributed by atoms with Crippen LogP contribution in [0, 0.1) is 5.92 Å². The molecular formula is C23H27N3O7S. The Kier molecular flexibility index (Phi) is 8.02. The van der Waals surface area contributed by atoms with Gasteiger partial charge in [0.25, 0.3) is 5.91 Å². The Morgan fingerprint density at radius 1 is 1.03 bits per heavy atom. The van der Waals surface area contributed by atoms with Gasteiger partial charge in [-0.2, -0.15) is 4.31 Å². The average Bonchev–Trinajstić information content (AvgIpc) is 2.82. The first kappa shape index (κ1) is 25.3. The lowest BCUT2D eigenvalue weighted by atomic mass is 10.0. The number of hydrogen-bond acceptors (Lipinski definition) is 7. The minimum Gasteiger partial charge on any atom is -0.425 e. The molecule has 182 valence electrons. The van der Waals surface area contributed by atoms with Gasteiger partial charge in [-0.15, -0.1) is 0 Å². The van der Waals surface area contributed by atoms with Crippen molar-refractivity contribution in [2.75, 3.05) is 26.3 Å². The summed E-state index contributed by atoms with van der Waals surface area (Å²) in [5.41, 5.74) is 5.51. The number of sulfonamides is 1. The molecule has 0 aliphatic carbocycles. The molecule has 2 aromatic rings. The van der Waals surface area contributed by atoms with E-state index in [0.717, 1.165) is 0 Å². The molecule has 3 rings (SSSR count). The molecule has 0 radical (unpaired) electrons. The van der Waals surface area contributed by atoms with Crippen molar-refractivity contribution >= 4 is 27.8 Å². The van der Waals surface area contributed by atoms with Crippen molar-refractivity contribution in [2.24, 2.45) is 11.7 Å². The van der Waals surface area contributed by atoms with Crippen LogP contribution in [0.25, 0.3) is 0 Å². The SMILES string of the molecule is CC(C)C(NC(=O)c1cccc(S(=O)(=O)N2CCOCC2)c1)C(=O)Oc1cccc(C(N)=O)c1. The van der Waals surface area contributed by atoms with Crippen molar-refractivity contribution in [3.8, 4) is 5.75 Å². The Hall–Kier alpha value is -3.28. The first-order valence-corrected chi connectivity index (χ1v) is 12.1. The van der Waals surface area contributed by atoms with E-state index in [1.165, 1.54) is 52.8 Å². The van der Waals surface area contributed by atoms with Crippen LogP contribution in [0.2, 0.25) is 0 Å². The maximum absolute atomic E-state index is 12.9. The zero-order chi connectivity index (χ0) is 24.9. The second-order valence-electron chi connectivity index (χ2n) is 8.05. The van der Waals surface area contributed by atoms with E-state index < -0.39 is 33.8 Å². The summed E-state index contributed by atoms with van der Waals surface area (Å²) in [7, 11) is -3.79. The lowest BCUT2D eigenvalue weighted by molar-refractivity contribution is -0.137. The molecule has 34 heavy (non-hydrogen) atoms. The predicted molar refractivity (Wildman–Crippen MR) is 123 cm³/mol. The molecule has 1 fully saturated rings. The van der Waals surface area contributed by atoms with E-state index in [1.807, 2.05) is 0 Å². The van der Waals surface area contributed by atoms with E-state index in [1.54, 1.807) is 13.8 Å². The maximum atomic E-state index is 12.9. The Labute approximate surface area is 198 Å². The number of morpholine rings is 1. The lowest BCUT2D eigenvalue weighted by Crippen LogP contribution is -2.46. The van der Waals surface area contributed by atoms with Crippen molar-refractivity contribution in [1.82, 2.24) is 9.62 Å². The number of nitrogens with one attached hydrogen (secondary N) is 1. The fraction of sp³-hybridized carbons (Fsp3) is 0.348. The van der Waals surface area contributed by atoms with E-state index in [4.69, 9.17) is 15.2 Å². The predicted octanol–water partition coefficient (Wildman–Crippen LogP) is 1.17. The fourth-order valence-electron chi connectivity index (χ4n) is 3.35. The van der Waals surface area contributed by atoms with Crippen LogP contribution in [0.3, 0.4) is 0 Å². The van der Waals surface area contributed by atoms with Crippen molar-refractivity contribution in [3.05, 3.63) is 59.7 Å². The number of nitrogens with zero attached hydrogens (tertiary/aromatic N) is 1. The summed E-state index contributed by atoms with van der Waals surface area (Å²) < 4.78 is 37.7. The first-order valence-electron chi connectivity index (χ1n) is 10.7. The average molecular weight is 490 g/mol. The van der Waals surface area contributed by atoms with Gasteiger partial charge in [-0.3, -0.25) is 9.59 Å². The largest absolute Gasteiger partial charge is 0.425 e. The van der Waals surface area contributed by atoms with E-state index in [9.17, 15) is 22.8 Å². The zero-order valence-corrected chi connectivity index (χ0v) is 19.7. The molecule has 3 N–H and O–H groups in total. The Bertz CT molecular complexity index is 1170. The number of esters is 1. The van der Waals surface area contributed by atoms with Gasteiger partial charge in [0.05, 0.1) is 18.1 Å². The molecule has 1 saturated heterocycles. The van der Waals surface area contributed by atoms with Gasteiger partial charge >= 0.3 is 5.97 Å². The Morgan fingerprint density at radius 3 is 2.32 bits per heavy atom. The van der Waals surface area contributed by atoms with Gasteiger partial charge in [0.2, 0.25) is 15.9 Å². The minimum absolute atomic E-state index is 0.0195. The van der Waals surface area contributed by atoms with E-state index >= 15 is 0 Å². The molecule has 1 aliphatic heterocycles. The fourth-order valence-corrected chi connectivity index (χ4v) is 4.80. The lowest BCUT2D eigenvalue weighted by Gasteiger charge is -2.26. The van der Waals surface area contributed by atoms with Gasteiger partial charge in [0.1, 0.15) is 11.8 Å². The number of carbonyl (C=O) groups is 3. The van der Waals surface area contributed by atoms with Gasteiger partial charge in [0.15, 0.2) is 0 Å². The standard InChI is InChI=1S/C23H27N3O7S/c1-15(2)20(23(29)33-18-7-3-5-16(13-18)21(24)27)25-22(28)17-6-4-8-19(14-17)34(30,31)26-9-11-32-12-10-26/h3-8,13-15,20H,9-12H2,1-2H3,(H2,24,27)(H,25,28). The minimum atomic E-state index is -3.79. The van der Waals surface area contributed by atoms with Crippen LogP contribution in [-0.4, -0.2) is 62.9 Å². The normalized spacial score (nSPS) is 15.5. The molecule has 0 saturated carbocycles. The third kappa shape index (κ3) is 5.99. The molecule has 0 bridgehead atoms. The van der Waals surface area contributed by atoms with Gasteiger partial charge in [-0.05, 0) is 42.3 Å². The van der Waals surface area contributed by atoms with E-state index in [0.29, 0.717) is 13.2 Å². The number of benzene rings is 2. The summed E-state index contributed by atoms with van der Waals surface area (Å²) in [6, 6.07) is 10.4. The summed E-state index contributed by atoms with van der Waals surface area (Å²) in [6.07, 6.45) is 0. The second-order valence-corrected chi connectivity index (χ2v) is 9.99. The van der Waals surface area contributed by atoms with Crippen LogP contribution < -0.4 is 15.8 Å². The van der Waals surface area contributed by atoms with E-state index in [-0.39, 0.29) is 40.8 Å². The molecule has 2 amide bonds. The number of rotatable bonds is 8. The number of ether oxygens (including phenoxy) is 2. The van der Waals surface area contributed by atoms with Crippen LogP contribution in [0.1, 0.15) is 34.6 Å². The number of amides is 2. The summed E-state index contributed by atoms with van der Waals surface area (Å²) >= 11 is 0. The molecule has 10 nitrogen and oxygen atoms in total. The highest BCUT2D eigenvalue weighted by Crippen LogP contribution is 2.19. The second kappa shape index (κ2) is 10.8. The van der Waals surface area contributed by atoms with Crippen LogP contribution >= 0.6 is 0 Å². The summed E-state index contributed by atoms with van der Waals surface area (Å²) in [6.45, 7) is 4.53. The number of carbonyl (C=O) groups excluding carboxylic acids is 3. The first-order chi connectivity index (χ1) is 16.1. The highest BCUT2D eigenvalue weighted by atomic mass is 32.2. The number of primary amides is 1. The van der Waals surface area contributed by atoms with Crippen LogP contribution in [0.5, 0.6) is 5.75 Å². The smallest absolute Gasteiger partial charge is 0.334 e. The molecular weight excluding hydrogens is 462 g/mol. The van der Waals surface area contributed by atoms with Crippen molar-refractivity contribution in [3.63, 3.8) is 0 Å². The van der Waals surface area contributed by atoms with Crippen LogP contribution in [0.4, 0.5) is 0 Å². The zero-order valence-electron chi connectivity index (χ0n) is 18.9. The Morgan fingerprint density at radius 2 is 1.68 bits per heavy atom. The maximum Gasteiger partial charge on any atom is 0.334 e. The molecule has 0 aromatic heterocycles. The highest BCUT2D eigenvalue weighted by Gasteiger charge is 2.29. The van der Waals surface area contributed by atoms with Crippen molar-refractivity contribution in [2.45, 2.75) is 24.8 Å². The number of hydrogen-bond donors (Lipinski definition) is 2. The highest BCUT2D eigenvalue weighted by molar-refractivity contribution is 7.89. The molecule has 1 unspecified atom stereocenters. The molecule has 1 heterocycles. The Balaban J connectivity index is 1.76. The summed E-state index contributed by atoms with van der Waals surface area (Å²) in [5.74, 6) is -2.25. The molecule has 2 aromatic carbocycles. The summed E-state index contributed by atoms with van der Waals surface area (Å²) in [5, 5.41) is 2.61. The number of nitrogens with two attached hydrogens (primary N) is 1. The third-order valence-corrected chi connectivity index (χ3v) is 7.14. The van der Waals surface area contributed by atoms with Crippen molar-refractivity contribution in [1.29, 1.82) is 0 Å². The van der Waals surface area contributed by atoms with Crippen LogP contribution in [0.15, 0.2) is 53.4 Å². The molecule has 0 spiro atoms. The monoisotopic (exact) mass is 489 g/mol. The van der Waals surface area contributed by atoms with Crippen LogP contribution in [-0.2, 0) is 19.6 Å². The van der Waals surface area contributed by atoms with Gasteiger partial charge in [-0.1, -0.05) is 26.0 Å². The molecule has 1 atom stereocenters. The quantitative estimate of drug-likeness (QED) is 0.418. The third-order valence-electron chi connectivity index (χ3n) is 5.25. The molecule has 1 aliphatic rings. The molecule has 11 heteroatoms. The van der Waals surface area contributed by atoms with Crippen molar-refractivity contribution < 1.29 is 32.3 Å². The van der Waals surface area contributed by atoms with E-state index in [2.05, 4.69) is 5.32 Å². The van der Waals surface area contributed by atoms with Gasteiger partial charge < -0.3 is 20.5 Å².